The molecule has 11 rings (SSSR count). The van der Waals surface area contributed by atoms with E-state index < -0.39 is 0 Å². The number of anilines is 3. The molecule has 1 aliphatic heterocycles. The zero-order valence-corrected chi connectivity index (χ0v) is 32.5. The average molecular weight is 722 g/mol. The second kappa shape index (κ2) is 11.7. The Hall–Kier alpha value is -6.58. The molecule has 10 aromatic rings. The third-order valence-corrected chi connectivity index (χ3v) is 12.3. The summed E-state index contributed by atoms with van der Waals surface area (Å²) in [4.78, 5) is 2.35. The Kier molecular flexibility index (Phi) is 6.86. The van der Waals surface area contributed by atoms with Crippen LogP contribution in [0.5, 0.6) is 0 Å². The Morgan fingerprint density at radius 2 is 1.09 bits per heavy atom. The number of para-hydroxylation sites is 3. The summed E-state index contributed by atoms with van der Waals surface area (Å²) in [6.07, 6.45) is 0. The molecule has 3 heterocycles. The Morgan fingerprint density at radius 1 is 0.464 bits per heavy atom. The summed E-state index contributed by atoms with van der Waals surface area (Å²) in [6.45, 7) is 11.8. The predicted molar refractivity (Wildman–Crippen MR) is 239 cm³/mol. The molecular formula is C53H43N3. The molecule has 0 saturated carbocycles. The highest BCUT2D eigenvalue weighted by Gasteiger charge is 2.38. The van der Waals surface area contributed by atoms with Crippen molar-refractivity contribution >= 4 is 71.4 Å². The third kappa shape index (κ3) is 4.64. The van der Waals surface area contributed by atoms with Gasteiger partial charge in [0.25, 0.3) is 0 Å². The van der Waals surface area contributed by atoms with Gasteiger partial charge in [0, 0.05) is 55.1 Å². The van der Waals surface area contributed by atoms with Crippen LogP contribution in [0.25, 0.3) is 71.2 Å². The smallest absolute Gasteiger partial charge is 0.0603 e. The van der Waals surface area contributed by atoms with Gasteiger partial charge < -0.3 is 14.0 Å². The number of nitrogens with zero attached hydrogens (tertiary/aromatic N) is 3. The summed E-state index contributed by atoms with van der Waals surface area (Å²) in [5.74, 6) is 0. The number of rotatable bonds is 4. The van der Waals surface area contributed by atoms with Crippen LogP contribution < -0.4 is 4.90 Å². The van der Waals surface area contributed by atoms with Crippen LogP contribution >= 0.6 is 0 Å². The molecule has 0 amide bonds. The number of hydrogen-bond donors (Lipinski definition) is 0. The Bertz CT molecular complexity index is 3190. The third-order valence-electron chi connectivity index (χ3n) is 12.3. The standard InChI is InChI=1S/C53H43N3/c1-52(2,3)56-47-22-14-11-19-41(47)43-33-45-51-49(50(43)56)42-20-12-13-21-46(42)55(51)48-30-26-37(32-44(48)53(45,4)5)35-23-27-39(28-24-35)54(38-17-7-6-8-18-38)40-29-25-34-15-9-10-16-36(34)31-40/h6-33H,1-5H3. The van der Waals surface area contributed by atoms with Gasteiger partial charge in [0.15, 0.2) is 0 Å². The van der Waals surface area contributed by atoms with Crippen LogP contribution in [0.1, 0.15) is 45.7 Å². The van der Waals surface area contributed by atoms with Crippen molar-refractivity contribution in [3.8, 4) is 16.8 Å². The van der Waals surface area contributed by atoms with E-state index in [-0.39, 0.29) is 11.0 Å². The summed E-state index contributed by atoms with van der Waals surface area (Å²) in [6, 6.07) is 62.7. The van der Waals surface area contributed by atoms with Crippen LogP contribution in [-0.4, -0.2) is 9.13 Å². The molecule has 0 radical (unpaired) electrons. The molecule has 0 atom stereocenters. The molecule has 0 unspecified atom stereocenters. The Balaban J connectivity index is 1.09. The van der Waals surface area contributed by atoms with Crippen LogP contribution in [0.2, 0.25) is 0 Å². The lowest BCUT2D eigenvalue weighted by Crippen LogP contribution is -2.26. The molecule has 8 aromatic carbocycles. The van der Waals surface area contributed by atoms with Crippen LogP contribution in [0.15, 0.2) is 170 Å². The summed E-state index contributed by atoms with van der Waals surface area (Å²) in [5.41, 5.74) is 14.7. The number of benzene rings is 8. The van der Waals surface area contributed by atoms with Crippen molar-refractivity contribution < 1.29 is 0 Å². The summed E-state index contributed by atoms with van der Waals surface area (Å²) in [5, 5.41) is 7.78. The lowest BCUT2D eigenvalue weighted by molar-refractivity contribution is 0.424. The lowest BCUT2D eigenvalue weighted by atomic mass is 9.73. The van der Waals surface area contributed by atoms with E-state index in [1.54, 1.807) is 0 Å². The van der Waals surface area contributed by atoms with Gasteiger partial charge in [-0.3, -0.25) is 0 Å². The first-order chi connectivity index (χ1) is 27.2. The lowest BCUT2D eigenvalue weighted by Gasteiger charge is -2.35. The molecule has 0 bridgehead atoms. The zero-order valence-electron chi connectivity index (χ0n) is 32.5. The number of aromatic nitrogens is 2. The maximum atomic E-state index is 2.59. The SMILES string of the molecule is CC1(C)c2cc(-c3ccc(N(c4ccccc4)c4ccc5ccccc5c4)cc3)ccc2-n2c3ccccc3c3c2c1cc1c2ccccc2n(C(C)(C)C)c13. The fourth-order valence-electron chi connectivity index (χ4n) is 9.73. The van der Waals surface area contributed by atoms with Gasteiger partial charge in [-0.25, -0.2) is 0 Å². The first kappa shape index (κ1) is 32.8. The van der Waals surface area contributed by atoms with Gasteiger partial charge in [-0.15, -0.1) is 0 Å². The van der Waals surface area contributed by atoms with Crippen molar-refractivity contribution in [2.75, 3.05) is 4.90 Å². The highest BCUT2D eigenvalue weighted by atomic mass is 15.1. The minimum atomic E-state index is -0.243. The molecular weight excluding hydrogens is 679 g/mol. The summed E-state index contributed by atoms with van der Waals surface area (Å²) < 4.78 is 5.14. The molecule has 0 spiro atoms. The second-order valence-electron chi connectivity index (χ2n) is 17.0. The van der Waals surface area contributed by atoms with Gasteiger partial charge >= 0.3 is 0 Å². The minimum Gasteiger partial charge on any atom is -0.335 e. The fourth-order valence-corrected chi connectivity index (χ4v) is 9.73. The van der Waals surface area contributed by atoms with Gasteiger partial charge in [0.1, 0.15) is 0 Å². The van der Waals surface area contributed by atoms with E-state index in [9.17, 15) is 0 Å². The van der Waals surface area contributed by atoms with Gasteiger partial charge in [-0.05, 0) is 121 Å². The van der Waals surface area contributed by atoms with Crippen LogP contribution in [0.4, 0.5) is 17.1 Å². The molecule has 0 aliphatic carbocycles. The molecule has 0 N–H and O–H groups in total. The van der Waals surface area contributed by atoms with E-state index in [1.807, 2.05) is 0 Å². The summed E-state index contributed by atoms with van der Waals surface area (Å²) in [7, 11) is 0. The van der Waals surface area contributed by atoms with E-state index in [2.05, 4.69) is 219 Å². The van der Waals surface area contributed by atoms with Crippen molar-refractivity contribution in [2.24, 2.45) is 0 Å². The van der Waals surface area contributed by atoms with Crippen molar-refractivity contribution in [1.82, 2.24) is 9.13 Å². The monoisotopic (exact) mass is 721 g/mol. The molecule has 1 aliphatic rings. The van der Waals surface area contributed by atoms with Crippen molar-refractivity contribution in [3.63, 3.8) is 0 Å². The maximum Gasteiger partial charge on any atom is 0.0603 e. The number of fused-ring (bicyclic) bond motifs is 10. The topological polar surface area (TPSA) is 13.1 Å². The van der Waals surface area contributed by atoms with Crippen molar-refractivity contribution in [1.29, 1.82) is 0 Å². The minimum absolute atomic E-state index is 0.103. The quantitative estimate of drug-likeness (QED) is 0.176. The first-order valence-corrected chi connectivity index (χ1v) is 19.8. The van der Waals surface area contributed by atoms with Gasteiger partial charge in [0.05, 0.1) is 22.2 Å². The average Bonchev–Trinajstić information content (AvgIpc) is 3.74. The highest BCUT2D eigenvalue weighted by molar-refractivity contribution is 6.27. The van der Waals surface area contributed by atoms with E-state index in [0.717, 1.165) is 17.1 Å². The van der Waals surface area contributed by atoms with E-state index in [0.29, 0.717) is 0 Å². The highest BCUT2D eigenvalue weighted by Crippen LogP contribution is 2.52. The van der Waals surface area contributed by atoms with Gasteiger partial charge in [-0.1, -0.05) is 117 Å². The normalized spacial score (nSPS) is 13.6. The van der Waals surface area contributed by atoms with Gasteiger partial charge in [0.2, 0.25) is 0 Å². The van der Waals surface area contributed by atoms with Crippen molar-refractivity contribution in [3.05, 3.63) is 181 Å². The molecule has 2 aromatic heterocycles. The molecule has 0 saturated heterocycles. The zero-order chi connectivity index (χ0) is 37.9. The first-order valence-electron chi connectivity index (χ1n) is 19.8. The van der Waals surface area contributed by atoms with E-state index >= 15 is 0 Å². The second-order valence-corrected chi connectivity index (χ2v) is 17.0. The molecule has 3 heteroatoms. The summed E-state index contributed by atoms with van der Waals surface area (Å²) >= 11 is 0. The molecule has 3 nitrogen and oxygen atoms in total. The van der Waals surface area contributed by atoms with Crippen LogP contribution in [0, 0.1) is 0 Å². The Morgan fingerprint density at radius 3 is 1.86 bits per heavy atom. The Labute approximate surface area is 327 Å². The molecule has 270 valence electrons. The fraction of sp³-hybridized carbons (Fsp3) is 0.132. The maximum absolute atomic E-state index is 2.59. The largest absolute Gasteiger partial charge is 0.335 e. The van der Waals surface area contributed by atoms with Crippen molar-refractivity contribution in [2.45, 2.75) is 45.6 Å². The predicted octanol–water partition coefficient (Wildman–Crippen LogP) is 14.6. The molecule has 56 heavy (non-hydrogen) atoms. The van der Waals surface area contributed by atoms with E-state index in [4.69, 9.17) is 0 Å². The number of hydrogen-bond acceptors (Lipinski definition) is 1. The van der Waals surface area contributed by atoms with Gasteiger partial charge in [-0.2, -0.15) is 0 Å². The van der Waals surface area contributed by atoms with Crippen LogP contribution in [0.3, 0.4) is 0 Å². The molecule has 0 fully saturated rings. The van der Waals surface area contributed by atoms with E-state index in [1.165, 1.54) is 82.3 Å². The van der Waals surface area contributed by atoms with Crippen LogP contribution in [-0.2, 0) is 11.0 Å².